The van der Waals surface area contributed by atoms with Crippen LogP contribution in [0.4, 0.5) is 11.6 Å². The molecule has 2 aliphatic rings. The van der Waals surface area contributed by atoms with Gasteiger partial charge in [0.1, 0.15) is 6.33 Å². The topological polar surface area (TPSA) is 83.0 Å². The first kappa shape index (κ1) is 19.6. The minimum absolute atomic E-state index is 0.0510. The average Bonchev–Trinajstić information content (AvgIpc) is 3.25. The number of anilines is 2. The van der Waals surface area contributed by atoms with Crippen LogP contribution in [-0.2, 0) is 17.8 Å². The molecular formula is C24H26N6O. The fraction of sp³-hybridized carbons (Fsp3) is 0.333. The first-order valence-electron chi connectivity index (χ1n) is 10.9. The number of aryl methyl sites for hydroxylation is 1. The summed E-state index contributed by atoms with van der Waals surface area (Å²) in [4.78, 5) is 28.4. The SMILES string of the molecule is O=C1NCCCc2cccc(c2)-c2ncnc(n2)Nc2cccc(c2)CN2CCC[C@@H]12. The fourth-order valence-electron chi connectivity index (χ4n) is 4.41. The summed E-state index contributed by atoms with van der Waals surface area (Å²) in [6, 6.07) is 16.4. The van der Waals surface area contributed by atoms with Gasteiger partial charge in [-0.3, -0.25) is 9.69 Å². The van der Waals surface area contributed by atoms with Gasteiger partial charge in [0.05, 0.1) is 6.04 Å². The molecule has 0 radical (unpaired) electrons. The molecule has 5 rings (SSSR count). The van der Waals surface area contributed by atoms with Crippen molar-refractivity contribution < 1.29 is 4.79 Å². The van der Waals surface area contributed by atoms with Gasteiger partial charge >= 0.3 is 0 Å². The van der Waals surface area contributed by atoms with E-state index in [9.17, 15) is 4.79 Å². The van der Waals surface area contributed by atoms with Crippen molar-refractivity contribution in [1.29, 1.82) is 0 Å². The summed E-state index contributed by atoms with van der Waals surface area (Å²) < 4.78 is 0. The van der Waals surface area contributed by atoms with Gasteiger partial charge in [-0.25, -0.2) is 9.97 Å². The van der Waals surface area contributed by atoms with Crippen LogP contribution in [0.5, 0.6) is 0 Å². The van der Waals surface area contributed by atoms with Crippen LogP contribution in [0.25, 0.3) is 11.4 Å². The van der Waals surface area contributed by atoms with E-state index in [4.69, 9.17) is 0 Å². The molecule has 3 aromatic rings. The van der Waals surface area contributed by atoms with E-state index in [1.165, 1.54) is 5.56 Å². The van der Waals surface area contributed by atoms with Crippen LogP contribution in [0.15, 0.2) is 54.9 Å². The number of hydrogen-bond donors (Lipinski definition) is 2. The molecule has 158 valence electrons. The normalized spacial score (nSPS) is 19.5. The number of carbonyl (C=O) groups excluding carboxylic acids is 1. The Labute approximate surface area is 181 Å². The minimum atomic E-state index is -0.0510. The molecular weight excluding hydrogens is 388 g/mol. The summed E-state index contributed by atoms with van der Waals surface area (Å²) in [7, 11) is 0. The number of rotatable bonds is 0. The third kappa shape index (κ3) is 4.56. The Balaban J connectivity index is 1.48. The van der Waals surface area contributed by atoms with E-state index in [0.717, 1.165) is 55.6 Å². The zero-order chi connectivity index (χ0) is 21.0. The van der Waals surface area contributed by atoms with Gasteiger partial charge in [0.25, 0.3) is 0 Å². The highest BCUT2D eigenvalue weighted by Gasteiger charge is 2.30. The maximum absolute atomic E-state index is 12.8. The third-order valence-corrected chi connectivity index (χ3v) is 5.93. The molecule has 0 saturated carbocycles. The van der Waals surface area contributed by atoms with Crippen molar-refractivity contribution in [3.8, 4) is 11.4 Å². The number of amides is 1. The molecule has 6 bridgehead atoms. The smallest absolute Gasteiger partial charge is 0.237 e. The molecule has 7 heteroatoms. The largest absolute Gasteiger partial charge is 0.355 e. The standard InChI is InChI=1S/C24H26N6O/c31-23-21-10-4-12-30(21)15-18-6-2-9-20(14-18)28-24-27-16-26-22(29-24)19-8-1-5-17(13-19)7-3-11-25-23/h1-2,5-6,8-9,13-14,16,21H,3-4,7,10-12,15H2,(H,25,31)(H,26,27,28,29)/t21-/m0/s1. The van der Waals surface area contributed by atoms with E-state index >= 15 is 0 Å². The molecule has 0 unspecified atom stereocenters. The third-order valence-electron chi connectivity index (χ3n) is 5.93. The molecule has 1 amide bonds. The quantitative estimate of drug-likeness (QED) is 0.587. The van der Waals surface area contributed by atoms with Crippen LogP contribution in [0.1, 0.15) is 30.4 Å². The predicted octanol–water partition coefficient (Wildman–Crippen LogP) is 3.31. The summed E-state index contributed by atoms with van der Waals surface area (Å²) in [5.74, 6) is 1.31. The second-order valence-electron chi connectivity index (χ2n) is 8.18. The molecule has 31 heavy (non-hydrogen) atoms. The highest BCUT2D eigenvalue weighted by atomic mass is 16.2. The van der Waals surface area contributed by atoms with Crippen molar-refractivity contribution in [3.05, 3.63) is 66.0 Å². The maximum Gasteiger partial charge on any atom is 0.237 e. The Morgan fingerprint density at radius 1 is 1.00 bits per heavy atom. The van der Waals surface area contributed by atoms with Crippen LogP contribution in [0.2, 0.25) is 0 Å². The highest BCUT2D eigenvalue weighted by Crippen LogP contribution is 2.23. The summed E-state index contributed by atoms with van der Waals surface area (Å²) >= 11 is 0. The van der Waals surface area contributed by atoms with E-state index in [1.807, 2.05) is 24.3 Å². The lowest BCUT2D eigenvalue weighted by molar-refractivity contribution is -0.125. The number of carbonyl (C=O) groups is 1. The van der Waals surface area contributed by atoms with Gasteiger partial charge < -0.3 is 10.6 Å². The van der Waals surface area contributed by atoms with Crippen molar-refractivity contribution in [1.82, 2.24) is 25.2 Å². The van der Waals surface area contributed by atoms with Gasteiger partial charge in [0, 0.05) is 24.3 Å². The molecule has 0 spiro atoms. The molecule has 1 fully saturated rings. The van der Waals surface area contributed by atoms with Gasteiger partial charge in [0.15, 0.2) is 5.82 Å². The van der Waals surface area contributed by atoms with Gasteiger partial charge in [-0.2, -0.15) is 4.98 Å². The lowest BCUT2D eigenvalue weighted by Gasteiger charge is -2.24. The number of hydrogen-bond acceptors (Lipinski definition) is 6. The number of nitrogens with one attached hydrogen (secondary N) is 2. The Morgan fingerprint density at radius 2 is 1.90 bits per heavy atom. The Morgan fingerprint density at radius 3 is 2.87 bits per heavy atom. The lowest BCUT2D eigenvalue weighted by Crippen LogP contribution is -2.43. The first-order chi connectivity index (χ1) is 15.2. The van der Waals surface area contributed by atoms with Crippen molar-refractivity contribution in [2.75, 3.05) is 18.4 Å². The van der Waals surface area contributed by atoms with Crippen LogP contribution >= 0.6 is 0 Å². The van der Waals surface area contributed by atoms with Crippen LogP contribution in [-0.4, -0.2) is 44.9 Å². The second kappa shape index (κ2) is 8.81. The summed E-state index contributed by atoms with van der Waals surface area (Å²) in [5.41, 5.74) is 4.25. The zero-order valence-corrected chi connectivity index (χ0v) is 17.4. The summed E-state index contributed by atoms with van der Waals surface area (Å²) in [6.07, 6.45) is 5.30. The van der Waals surface area contributed by atoms with E-state index < -0.39 is 0 Å². The molecule has 1 atom stereocenters. The number of aromatic nitrogens is 3. The van der Waals surface area contributed by atoms with Crippen LogP contribution in [0.3, 0.4) is 0 Å². The van der Waals surface area contributed by atoms with Gasteiger partial charge in [-0.15, -0.1) is 0 Å². The monoisotopic (exact) mass is 414 g/mol. The summed E-state index contributed by atoms with van der Waals surface area (Å²) in [6.45, 7) is 2.38. The molecule has 2 N–H and O–H groups in total. The van der Waals surface area contributed by atoms with Crippen molar-refractivity contribution in [2.24, 2.45) is 0 Å². The molecule has 2 aliphatic heterocycles. The number of nitrogens with zero attached hydrogens (tertiary/aromatic N) is 4. The molecule has 1 aromatic heterocycles. The minimum Gasteiger partial charge on any atom is -0.355 e. The number of benzene rings is 2. The Hall–Kier alpha value is -3.32. The van der Waals surface area contributed by atoms with Gasteiger partial charge in [-0.1, -0.05) is 30.3 Å². The molecule has 7 nitrogen and oxygen atoms in total. The average molecular weight is 415 g/mol. The van der Waals surface area contributed by atoms with Crippen LogP contribution in [0, 0.1) is 0 Å². The van der Waals surface area contributed by atoms with E-state index in [2.05, 4.69) is 54.8 Å². The van der Waals surface area contributed by atoms with Gasteiger partial charge in [0.2, 0.25) is 11.9 Å². The molecule has 1 saturated heterocycles. The Bertz CT molecular complexity index is 1080. The molecule has 0 aliphatic carbocycles. The molecule has 3 heterocycles. The summed E-state index contributed by atoms with van der Waals surface area (Å²) in [5, 5.41) is 6.46. The zero-order valence-electron chi connectivity index (χ0n) is 17.4. The predicted molar refractivity (Wildman–Crippen MR) is 120 cm³/mol. The lowest BCUT2D eigenvalue weighted by atomic mass is 10.1. The maximum atomic E-state index is 12.8. The van der Waals surface area contributed by atoms with E-state index in [1.54, 1.807) is 6.33 Å². The van der Waals surface area contributed by atoms with Crippen LogP contribution < -0.4 is 10.6 Å². The second-order valence-corrected chi connectivity index (χ2v) is 8.18. The van der Waals surface area contributed by atoms with E-state index in [-0.39, 0.29) is 11.9 Å². The Kier molecular flexibility index (Phi) is 5.58. The first-order valence-corrected chi connectivity index (χ1v) is 10.9. The fourth-order valence-corrected chi connectivity index (χ4v) is 4.41. The molecule has 2 aromatic carbocycles. The number of fused-ring (bicyclic) bond motifs is 8. The van der Waals surface area contributed by atoms with Crippen molar-refractivity contribution in [3.63, 3.8) is 0 Å². The van der Waals surface area contributed by atoms with Crippen molar-refractivity contribution in [2.45, 2.75) is 38.3 Å². The van der Waals surface area contributed by atoms with Crippen molar-refractivity contribution >= 4 is 17.5 Å². The highest BCUT2D eigenvalue weighted by molar-refractivity contribution is 5.82. The van der Waals surface area contributed by atoms with E-state index in [0.29, 0.717) is 18.3 Å². The van der Waals surface area contributed by atoms with Gasteiger partial charge in [-0.05, 0) is 61.6 Å².